The first kappa shape index (κ1) is 22.9. The Morgan fingerprint density at radius 2 is 1.71 bits per heavy atom. The molecule has 2 aromatic rings. The van der Waals surface area contributed by atoms with Crippen molar-refractivity contribution >= 4 is 6.09 Å². The number of fused-ring (bicyclic) bond motifs is 1. The van der Waals surface area contributed by atoms with Gasteiger partial charge in [0.2, 0.25) is 0 Å². The summed E-state index contributed by atoms with van der Waals surface area (Å²) in [5.74, 6) is 0. The summed E-state index contributed by atoms with van der Waals surface area (Å²) in [6.45, 7) is 1.62. The normalized spacial score (nSPS) is 15.9. The van der Waals surface area contributed by atoms with Crippen molar-refractivity contribution in [3.63, 3.8) is 0 Å². The average Bonchev–Trinajstić information content (AvgIpc) is 2.96. The molecule has 0 aliphatic carbocycles. The van der Waals surface area contributed by atoms with Gasteiger partial charge in [-0.2, -0.15) is 31.4 Å². The highest BCUT2D eigenvalue weighted by atomic mass is 19.4. The van der Waals surface area contributed by atoms with Gasteiger partial charge in [-0.25, -0.2) is 4.79 Å². The molecule has 1 aliphatic heterocycles. The van der Waals surface area contributed by atoms with Crippen molar-refractivity contribution in [2.75, 3.05) is 6.54 Å². The molecule has 1 amide bonds. The number of aliphatic hydroxyl groups excluding tert-OH is 1. The van der Waals surface area contributed by atoms with Crippen LogP contribution in [-0.2, 0) is 36.8 Å². The number of carbonyl (C=O) groups excluding carboxylic acids is 1. The highest BCUT2D eigenvalue weighted by molar-refractivity contribution is 5.67. The Morgan fingerprint density at radius 1 is 1.10 bits per heavy atom. The highest BCUT2D eigenvalue weighted by Gasteiger charge is 2.37. The minimum Gasteiger partial charge on any atom is -0.445 e. The fraction of sp³-hybridized carbons (Fsp3) is 0.474. The number of aryl methyl sites for hydroxylation is 1. The molecule has 1 aromatic heterocycles. The molecule has 31 heavy (non-hydrogen) atoms. The molecule has 2 heterocycles. The molecule has 1 unspecified atom stereocenters. The summed E-state index contributed by atoms with van der Waals surface area (Å²) in [4.78, 5) is 13.7. The molecule has 3 rings (SSSR count). The summed E-state index contributed by atoms with van der Waals surface area (Å²) in [6.07, 6.45) is -11.1. The second kappa shape index (κ2) is 8.40. The number of nitrogens with zero attached hydrogens (tertiary/aromatic N) is 3. The molecule has 0 bridgehead atoms. The van der Waals surface area contributed by atoms with Crippen LogP contribution in [0.15, 0.2) is 24.3 Å². The van der Waals surface area contributed by atoms with E-state index >= 15 is 0 Å². The van der Waals surface area contributed by atoms with E-state index in [0.29, 0.717) is 36.5 Å². The average molecular weight is 451 g/mol. The second-order valence-corrected chi connectivity index (χ2v) is 7.20. The molecule has 1 aliphatic rings. The fourth-order valence-electron chi connectivity index (χ4n) is 3.18. The van der Waals surface area contributed by atoms with Gasteiger partial charge in [-0.05, 0) is 43.2 Å². The van der Waals surface area contributed by atoms with E-state index in [1.165, 1.54) is 4.90 Å². The van der Waals surface area contributed by atoms with Crippen molar-refractivity contribution in [1.82, 2.24) is 14.7 Å². The van der Waals surface area contributed by atoms with Gasteiger partial charge in [0.25, 0.3) is 0 Å². The van der Waals surface area contributed by atoms with Gasteiger partial charge in [-0.1, -0.05) is 0 Å². The maximum absolute atomic E-state index is 13.0. The number of benzene rings is 1. The summed E-state index contributed by atoms with van der Waals surface area (Å²) >= 11 is 0. The monoisotopic (exact) mass is 451 g/mol. The van der Waals surface area contributed by atoms with Gasteiger partial charge in [0.1, 0.15) is 6.61 Å². The summed E-state index contributed by atoms with van der Waals surface area (Å²) in [7, 11) is 0. The zero-order chi connectivity index (χ0) is 23.0. The summed E-state index contributed by atoms with van der Waals surface area (Å²) in [5, 5.41) is 13.9. The first-order chi connectivity index (χ1) is 14.3. The zero-order valence-corrected chi connectivity index (χ0v) is 16.3. The van der Waals surface area contributed by atoms with Crippen LogP contribution in [0.2, 0.25) is 0 Å². The van der Waals surface area contributed by atoms with E-state index in [9.17, 15) is 36.2 Å². The number of aromatic nitrogens is 2. The molecule has 12 heteroatoms. The minimum absolute atomic E-state index is 0.0149. The van der Waals surface area contributed by atoms with E-state index in [4.69, 9.17) is 4.74 Å². The van der Waals surface area contributed by atoms with Crippen molar-refractivity contribution in [2.45, 2.75) is 51.5 Å². The summed E-state index contributed by atoms with van der Waals surface area (Å²) in [6, 6.07) is 2.68. The Bertz CT molecular complexity index is 920. The van der Waals surface area contributed by atoms with Gasteiger partial charge in [0, 0.05) is 13.1 Å². The minimum atomic E-state index is -4.98. The lowest BCUT2D eigenvalue weighted by Gasteiger charge is -2.20. The predicted octanol–water partition coefficient (Wildman–Crippen LogP) is 4.52. The van der Waals surface area contributed by atoms with Gasteiger partial charge in [-0.3, -0.25) is 4.68 Å². The van der Waals surface area contributed by atoms with Gasteiger partial charge < -0.3 is 14.7 Å². The van der Waals surface area contributed by atoms with E-state index in [0.717, 1.165) is 0 Å². The molecule has 0 radical (unpaired) electrons. The van der Waals surface area contributed by atoms with E-state index in [1.54, 1.807) is 17.7 Å². The quantitative estimate of drug-likeness (QED) is 0.698. The predicted molar refractivity (Wildman–Crippen MR) is 94.5 cm³/mol. The number of alkyl halides is 6. The third-order valence-electron chi connectivity index (χ3n) is 4.73. The largest absolute Gasteiger partial charge is 0.445 e. The van der Waals surface area contributed by atoms with Crippen LogP contribution in [0.3, 0.4) is 0 Å². The third-order valence-corrected chi connectivity index (χ3v) is 4.73. The Labute approximate surface area is 173 Å². The maximum atomic E-state index is 13.0. The van der Waals surface area contributed by atoms with Gasteiger partial charge in [-0.15, -0.1) is 0 Å². The molecular formula is C19H19F6N3O3. The number of hydrogen-bond acceptors (Lipinski definition) is 4. The number of rotatable bonds is 3. The van der Waals surface area contributed by atoms with Crippen LogP contribution in [-0.4, -0.2) is 32.4 Å². The molecule has 170 valence electrons. The van der Waals surface area contributed by atoms with Gasteiger partial charge in [0.05, 0.1) is 35.2 Å². The van der Waals surface area contributed by atoms with E-state index in [2.05, 4.69) is 5.10 Å². The molecule has 1 aromatic carbocycles. The van der Waals surface area contributed by atoms with Crippen molar-refractivity contribution in [3.8, 4) is 0 Å². The van der Waals surface area contributed by atoms with Gasteiger partial charge >= 0.3 is 18.4 Å². The molecule has 6 nitrogen and oxygen atoms in total. The standard InChI is InChI=1S/C19H19F6N3O3/c1-11(29)16-8-15-9-27(3-2-4-28(15)26-16)17(30)31-10-12-5-13(18(20,21)22)7-14(6-12)19(23,24)25/h5-8,11,29H,2-4,9-10H2,1H3. The second-order valence-electron chi connectivity index (χ2n) is 7.20. The zero-order valence-electron chi connectivity index (χ0n) is 16.3. The van der Waals surface area contributed by atoms with Crippen LogP contribution in [0.25, 0.3) is 0 Å². The molecule has 0 spiro atoms. The van der Waals surface area contributed by atoms with Crippen LogP contribution in [0.4, 0.5) is 31.1 Å². The molecule has 0 saturated carbocycles. The number of amides is 1. The fourth-order valence-corrected chi connectivity index (χ4v) is 3.18. The van der Waals surface area contributed by atoms with Crippen LogP contribution in [0.5, 0.6) is 0 Å². The van der Waals surface area contributed by atoms with Crippen molar-refractivity contribution in [1.29, 1.82) is 0 Å². The van der Waals surface area contributed by atoms with Crippen molar-refractivity contribution in [3.05, 3.63) is 52.3 Å². The van der Waals surface area contributed by atoms with Crippen molar-refractivity contribution < 1.29 is 41.0 Å². The van der Waals surface area contributed by atoms with E-state index in [-0.39, 0.29) is 19.2 Å². The lowest BCUT2D eigenvalue weighted by molar-refractivity contribution is -0.143. The Hall–Kier alpha value is -2.76. The van der Waals surface area contributed by atoms with Crippen molar-refractivity contribution in [2.24, 2.45) is 0 Å². The van der Waals surface area contributed by atoms with E-state index < -0.39 is 47.8 Å². The van der Waals surface area contributed by atoms with Crippen LogP contribution in [0.1, 0.15) is 47.5 Å². The smallest absolute Gasteiger partial charge is 0.416 e. The number of ether oxygens (including phenoxy) is 1. The number of carbonyl (C=O) groups is 1. The molecule has 1 N–H and O–H groups in total. The third kappa shape index (κ3) is 5.49. The lowest BCUT2D eigenvalue weighted by Crippen LogP contribution is -2.31. The van der Waals surface area contributed by atoms with Crippen LogP contribution < -0.4 is 0 Å². The van der Waals surface area contributed by atoms with Crippen LogP contribution in [0, 0.1) is 0 Å². The lowest BCUT2D eigenvalue weighted by atomic mass is 10.1. The summed E-state index contributed by atoms with van der Waals surface area (Å²) in [5.41, 5.74) is -2.32. The number of halogens is 6. The first-order valence-corrected chi connectivity index (χ1v) is 9.29. The SMILES string of the molecule is CC(O)c1cc2n(n1)CCCN(C(=O)OCc1cc(C(F)(F)F)cc(C(F)(F)F)c1)C2. The Morgan fingerprint density at radius 3 is 2.26 bits per heavy atom. The molecule has 1 atom stereocenters. The first-order valence-electron chi connectivity index (χ1n) is 9.29. The van der Waals surface area contributed by atoms with Gasteiger partial charge in [0.15, 0.2) is 0 Å². The Kier molecular flexibility index (Phi) is 6.21. The Balaban J connectivity index is 1.74. The molecule has 0 saturated heterocycles. The highest BCUT2D eigenvalue weighted by Crippen LogP contribution is 2.36. The molecular weight excluding hydrogens is 432 g/mol. The maximum Gasteiger partial charge on any atom is 0.416 e. The summed E-state index contributed by atoms with van der Waals surface area (Å²) < 4.78 is 84.4. The topological polar surface area (TPSA) is 67.6 Å². The van der Waals surface area contributed by atoms with Crippen LogP contribution >= 0.6 is 0 Å². The number of aliphatic hydroxyl groups is 1. The number of hydrogen-bond donors (Lipinski definition) is 1. The van der Waals surface area contributed by atoms with E-state index in [1.807, 2.05) is 0 Å². The molecule has 0 fully saturated rings.